The van der Waals surface area contributed by atoms with Gasteiger partial charge in [-0.2, -0.15) is 14.3 Å². The highest BCUT2D eigenvalue weighted by Gasteiger charge is 2.07. The molecule has 0 unspecified atom stereocenters. The number of halogens is 2. The highest BCUT2D eigenvalue weighted by molar-refractivity contribution is 7.98. The van der Waals surface area contributed by atoms with Gasteiger partial charge in [0, 0.05) is 7.11 Å². The molecule has 1 aromatic heterocycles. The molecule has 0 aliphatic heterocycles. The predicted octanol–water partition coefficient (Wildman–Crippen LogP) is 2.40. The Morgan fingerprint density at radius 3 is 2.82 bits per heavy atom. The average molecular weight is 267 g/mol. The van der Waals surface area contributed by atoms with Crippen LogP contribution in [0.2, 0.25) is 0 Å². The molecule has 1 N–H and O–H groups in total. The van der Waals surface area contributed by atoms with Crippen molar-refractivity contribution in [2.75, 3.05) is 20.3 Å². The molecule has 17 heavy (non-hydrogen) atoms. The van der Waals surface area contributed by atoms with Gasteiger partial charge in [-0.3, -0.25) is 4.84 Å². The quantitative estimate of drug-likeness (QED) is 0.550. The van der Waals surface area contributed by atoms with Crippen LogP contribution in [0.5, 0.6) is 0 Å². The molecule has 1 rings (SSSR count). The standard InChI is InChI=1S/C10H15F2NO3S/c1-14-4-5-15-13-6-8-2-3-9(16-8)7-17-10(11)12/h2-3,10,13H,4-7H2,1H3. The van der Waals surface area contributed by atoms with E-state index in [-0.39, 0.29) is 5.75 Å². The summed E-state index contributed by atoms with van der Waals surface area (Å²) in [7, 11) is 1.59. The number of methoxy groups -OCH3 is 1. The molecule has 0 saturated heterocycles. The number of furan rings is 1. The van der Waals surface area contributed by atoms with Gasteiger partial charge in [0.2, 0.25) is 0 Å². The molecule has 0 aromatic carbocycles. The minimum atomic E-state index is -2.38. The largest absolute Gasteiger partial charge is 0.464 e. The molecule has 0 fully saturated rings. The van der Waals surface area contributed by atoms with Gasteiger partial charge in [0.1, 0.15) is 11.5 Å². The van der Waals surface area contributed by atoms with Gasteiger partial charge in [-0.25, -0.2) is 0 Å². The van der Waals surface area contributed by atoms with E-state index in [1.54, 1.807) is 19.2 Å². The van der Waals surface area contributed by atoms with Crippen LogP contribution in [0.15, 0.2) is 16.5 Å². The number of hydroxylamine groups is 1. The number of rotatable bonds is 9. The van der Waals surface area contributed by atoms with Crippen molar-refractivity contribution in [1.82, 2.24) is 5.48 Å². The molecule has 4 nitrogen and oxygen atoms in total. The molecular weight excluding hydrogens is 252 g/mol. The fourth-order valence-electron chi connectivity index (χ4n) is 1.06. The van der Waals surface area contributed by atoms with Crippen molar-refractivity contribution in [2.24, 2.45) is 0 Å². The van der Waals surface area contributed by atoms with Crippen LogP contribution >= 0.6 is 11.8 Å². The summed E-state index contributed by atoms with van der Waals surface area (Å²) in [5.41, 5.74) is 2.69. The highest BCUT2D eigenvalue weighted by Crippen LogP contribution is 2.21. The van der Waals surface area contributed by atoms with Crippen LogP contribution in [0.1, 0.15) is 11.5 Å². The van der Waals surface area contributed by atoms with Crippen molar-refractivity contribution in [2.45, 2.75) is 18.1 Å². The first kappa shape index (κ1) is 14.4. The van der Waals surface area contributed by atoms with E-state index >= 15 is 0 Å². The second-order valence-corrected chi connectivity index (χ2v) is 4.08. The SMILES string of the molecule is COCCONCc1ccc(CSC(F)F)o1. The van der Waals surface area contributed by atoms with Gasteiger partial charge in [-0.15, -0.1) is 0 Å². The van der Waals surface area contributed by atoms with Gasteiger partial charge in [0.15, 0.2) is 0 Å². The lowest BCUT2D eigenvalue weighted by molar-refractivity contribution is 0.000951. The smallest absolute Gasteiger partial charge is 0.284 e. The molecule has 7 heteroatoms. The van der Waals surface area contributed by atoms with E-state index in [1.165, 1.54) is 0 Å². The lowest BCUT2D eigenvalue weighted by Crippen LogP contribution is -2.16. The van der Waals surface area contributed by atoms with Crippen molar-refractivity contribution in [1.29, 1.82) is 0 Å². The van der Waals surface area contributed by atoms with Gasteiger partial charge in [-0.1, -0.05) is 11.8 Å². The minimum Gasteiger partial charge on any atom is -0.464 e. The first-order valence-corrected chi connectivity index (χ1v) is 6.08. The van der Waals surface area contributed by atoms with E-state index in [1.807, 2.05) is 0 Å². The Kier molecular flexibility index (Phi) is 7.18. The van der Waals surface area contributed by atoms with Crippen LogP contribution < -0.4 is 5.48 Å². The van der Waals surface area contributed by atoms with Crippen molar-refractivity contribution in [3.05, 3.63) is 23.7 Å². The molecule has 0 amide bonds. The molecule has 0 radical (unpaired) electrons. The molecule has 0 atom stereocenters. The summed E-state index contributed by atoms with van der Waals surface area (Å²) in [6.07, 6.45) is 0. The second-order valence-electron chi connectivity index (χ2n) is 3.10. The summed E-state index contributed by atoms with van der Waals surface area (Å²) in [4.78, 5) is 5.03. The van der Waals surface area contributed by atoms with E-state index in [0.717, 1.165) is 0 Å². The molecule has 0 saturated carbocycles. The molecule has 1 heterocycles. The fraction of sp³-hybridized carbons (Fsp3) is 0.600. The number of thioether (sulfide) groups is 1. The minimum absolute atomic E-state index is 0.169. The Bertz CT molecular complexity index is 309. The van der Waals surface area contributed by atoms with Gasteiger partial charge in [0.25, 0.3) is 5.76 Å². The van der Waals surface area contributed by atoms with Crippen LogP contribution in [0.4, 0.5) is 8.78 Å². The van der Waals surface area contributed by atoms with Crippen LogP contribution in [0.3, 0.4) is 0 Å². The second kappa shape index (κ2) is 8.46. The predicted molar refractivity (Wildman–Crippen MR) is 60.7 cm³/mol. The van der Waals surface area contributed by atoms with E-state index in [0.29, 0.717) is 43.0 Å². The number of ether oxygens (including phenoxy) is 1. The highest BCUT2D eigenvalue weighted by atomic mass is 32.2. The van der Waals surface area contributed by atoms with Crippen LogP contribution in [0.25, 0.3) is 0 Å². The first-order valence-electron chi connectivity index (χ1n) is 5.03. The Hall–Kier alpha value is -0.630. The lowest BCUT2D eigenvalue weighted by atomic mass is 10.4. The normalized spacial score (nSPS) is 11.3. The van der Waals surface area contributed by atoms with E-state index in [4.69, 9.17) is 14.0 Å². The number of alkyl halides is 2. The zero-order chi connectivity index (χ0) is 12.5. The van der Waals surface area contributed by atoms with Crippen molar-refractivity contribution < 1.29 is 22.8 Å². The van der Waals surface area contributed by atoms with Crippen LogP contribution in [0, 0.1) is 0 Å². The van der Waals surface area contributed by atoms with Crippen molar-refractivity contribution >= 4 is 11.8 Å². The number of hydrogen-bond acceptors (Lipinski definition) is 5. The van der Waals surface area contributed by atoms with Gasteiger partial charge in [0.05, 0.1) is 25.5 Å². The number of nitrogens with one attached hydrogen (secondary N) is 1. The van der Waals surface area contributed by atoms with E-state index in [2.05, 4.69) is 5.48 Å². The Balaban J connectivity index is 2.17. The molecule has 0 spiro atoms. The zero-order valence-electron chi connectivity index (χ0n) is 9.45. The van der Waals surface area contributed by atoms with Crippen molar-refractivity contribution in [3.63, 3.8) is 0 Å². The van der Waals surface area contributed by atoms with E-state index < -0.39 is 5.76 Å². The molecule has 0 aliphatic carbocycles. The topological polar surface area (TPSA) is 43.6 Å². The maximum atomic E-state index is 11.9. The van der Waals surface area contributed by atoms with Gasteiger partial charge in [-0.05, 0) is 12.1 Å². The maximum absolute atomic E-state index is 11.9. The lowest BCUT2D eigenvalue weighted by Gasteiger charge is -2.03. The Morgan fingerprint density at radius 1 is 1.35 bits per heavy atom. The first-order chi connectivity index (χ1) is 8.22. The molecule has 0 bridgehead atoms. The fourth-order valence-corrected chi connectivity index (χ4v) is 1.50. The number of hydrogen-bond donors (Lipinski definition) is 1. The average Bonchev–Trinajstić information content (AvgIpc) is 2.74. The summed E-state index contributed by atoms with van der Waals surface area (Å²) < 4.78 is 34.0. The summed E-state index contributed by atoms with van der Waals surface area (Å²) in [5.74, 6) is -1.03. The van der Waals surface area contributed by atoms with Crippen molar-refractivity contribution in [3.8, 4) is 0 Å². The van der Waals surface area contributed by atoms with Crippen LogP contribution in [-0.4, -0.2) is 26.1 Å². The summed E-state index contributed by atoms with van der Waals surface area (Å²) in [5, 5.41) is 0. The molecule has 1 aromatic rings. The summed E-state index contributed by atoms with van der Waals surface area (Å²) >= 11 is 0.537. The monoisotopic (exact) mass is 267 g/mol. The summed E-state index contributed by atoms with van der Waals surface area (Å²) in [6.45, 7) is 1.33. The van der Waals surface area contributed by atoms with Gasteiger partial charge >= 0.3 is 0 Å². The van der Waals surface area contributed by atoms with Crippen LogP contribution in [-0.2, 0) is 21.9 Å². The van der Waals surface area contributed by atoms with Gasteiger partial charge < -0.3 is 9.15 Å². The zero-order valence-corrected chi connectivity index (χ0v) is 10.3. The third-order valence-corrected chi connectivity index (χ3v) is 2.51. The molecule has 0 aliphatic rings. The third-order valence-electron chi connectivity index (χ3n) is 1.81. The maximum Gasteiger partial charge on any atom is 0.284 e. The summed E-state index contributed by atoms with van der Waals surface area (Å²) in [6, 6.07) is 3.41. The Labute approximate surface area is 103 Å². The molecule has 98 valence electrons. The van der Waals surface area contributed by atoms with E-state index in [9.17, 15) is 8.78 Å². The Morgan fingerprint density at radius 2 is 2.12 bits per heavy atom. The molecular formula is C10H15F2NO3S. The third kappa shape index (κ3) is 6.62.